The molecule has 0 bridgehead atoms. The van der Waals surface area contributed by atoms with Crippen molar-refractivity contribution in [3.63, 3.8) is 0 Å². The number of hydrogen-bond donors (Lipinski definition) is 1. The van der Waals surface area contributed by atoms with Gasteiger partial charge in [-0.15, -0.1) is 0 Å². The number of aromatic carboxylic acids is 1. The number of fused-ring (bicyclic) bond motifs is 1. The van der Waals surface area contributed by atoms with Gasteiger partial charge in [0.05, 0.1) is 23.7 Å². The van der Waals surface area contributed by atoms with Crippen molar-refractivity contribution in [2.45, 2.75) is 31.2 Å². The number of aromatic nitrogens is 2. The van der Waals surface area contributed by atoms with Crippen molar-refractivity contribution < 1.29 is 14.6 Å². The molecule has 2 aromatic rings. The maximum atomic E-state index is 11.4. The van der Waals surface area contributed by atoms with Gasteiger partial charge in [0.2, 0.25) is 0 Å². The monoisotopic (exact) mass is 272 g/mol. The van der Waals surface area contributed by atoms with E-state index >= 15 is 0 Å². The maximum Gasteiger partial charge on any atom is 0.337 e. The van der Waals surface area contributed by atoms with Gasteiger partial charge < -0.3 is 14.4 Å². The molecular formula is C15H16N2O3. The lowest BCUT2D eigenvalue weighted by Gasteiger charge is -2.14. The van der Waals surface area contributed by atoms with Crippen molar-refractivity contribution in [3.8, 4) is 0 Å². The van der Waals surface area contributed by atoms with E-state index in [-0.39, 0.29) is 0 Å². The Hall–Kier alpha value is -1.88. The van der Waals surface area contributed by atoms with Gasteiger partial charge in [-0.25, -0.2) is 9.78 Å². The summed E-state index contributed by atoms with van der Waals surface area (Å²) < 4.78 is 7.73. The van der Waals surface area contributed by atoms with E-state index in [1.54, 1.807) is 12.1 Å². The molecule has 0 radical (unpaired) electrons. The second-order valence-electron chi connectivity index (χ2n) is 5.61. The fraction of sp³-hybridized carbons (Fsp3) is 0.467. The molecule has 1 saturated heterocycles. The summed E-state index contributed by atoms with van der Waals surface area (Å²) in [6.45, 7) is 1.47. The molecule has 5 nitrogen and oxygen atoms in total. The highest BCUT2D eigenvalue weighted by atomic mass is 16.5. The standard InChI is InChI=1S/C15H16N2O3/c18-15(19)11-2-1-3-12-13(11)16-14(9-4-5-9)17(12)10-6-7-20-8-10/h1-3,9-10H,4-8H2,(H,18,19). The Morgan fingerprint density at radius 1 is 1.35 bits per heavy atom. The highest BCUT2D eigenvalue weighted by molar-refractivity contribution is 6.01. The third kappa shape index (κ3) is 1.73. The molecule has 1 N–H and O–H groups in total. The minimum Gasteiger partial charge on any atom is -0.478 e. The van der Waals surface area contributed by atoms with Crippen molar-refractivity contribution in [1.82, 2.24) is 9.55 Å². The molecule has 1 atom stereocenters. The molecule has 1 saturated carbocycles. The van der Waals surface area contributed by atoms with Crippen LogP contribution in [0.5, 0.6) is 0 Å². The van der Waals surface area contributed by atoms with Crippen molar-refractivity contribution in [2.75, 3.05) is 13.2 Å². The summed E-state index contributed by atoms with van der Waals surface area (Å²) in [5.41, 5.74) is 1.85. The van der Waals surface area contributed by atoms with Gasteiger partial charge in [-0.1, -0.05) is 6.07 Å². The summed E-state index contributed by atoms with van der Waals surface area (Å²) in [5, 5.41) is 9.33. The topological polar surface area (TPSA) is 64.3 Å². The second-order valence-corrected chi connectivity index (χ2v) is 5.61. The van der Waals surface area contributed by atoms with E-state index in [0.717, 1.165) is 37.2 Å². The lowest BCUT2D eigenvalue weighted by molar-refractivity contribution is 0.0699. The van der Waals surface area contributed by atoms with Gasteiger partial charge in [-0.05, 0) is 31.4 Å². The van der Waals surface area contributed by atoms with E-state index in [4.69, 9.17) is 4.74 Å². The quantitative estimate of drug-likeness (QED) is 0.932. The molecule has 0 spiro atoms. The van der Waals surface area contributed by atoms with E-state index < -0.39 is 5.97 Å². The Kier molecular flexibility index (Phi) is 2.57. The van der Waals surface area contributed by atoms with Crippen LogP contribution in [0, 0.1) is 0 Å². The molecule has 2 heterocycles. The van der Waals surface area contributed by atoms with Crippen LogP contribution in [0.3, 0.4) is 0 Å². The van der Waals surface area contributed by atoms with Crippen LogP contribution in [-0.4, -0.2) is 33.8 Å². The average molecular weight is 272 g/mol. The lowest BCUT2D eigenvalue weighted by atomic mass is 10.1. The number of nitrogens with zero attached hydrogens (tertiary/aromatic N) is 2. The molecule has 5 heteroatoms. The summed E-state index contributed by atoms with van der Waals surface area (Å²) in [6.07, 6.45) is 3.28. The van der Waals surface area contributed by atoms with Gasteiger partial charge >= 0.3 is 5.97 Å². The third-order valence-corrected chi connectivity index (χ3v) is 4.19. The summed E-state index contributed by atoms with van der Waals surface area (Å²) in [6, 6.07) is 5.69. The molecule has 2 fully saturated rings. The van der Waals surface area contributed by atoms with E-state index in [2.05, 4.69) is 9.55 Å². The Morgan fingerprint density at radius 3 is 2.85 bits per heavy atom. The van der Waals surface area contributed by atoms with Gasteiger partial charge in [-0.2, -0.15) is 0 Å². The number of rotatable bonds is 3. The van der Waals surface area contributed by atoms with Crippen LogP contribution in [0.2, 0.25) is 0 Å². The second kappa shape index (κ2) is 4.31. The van der Waals surface area contributed by atoms with E-state index in [1.807, 2.05) is 6.07 Å². The Morgan fingerprint density at radius 2 is 2.20 bits per heavy atom. The molecule has 104 valence electrons. The van der Waals surface area contributed by atoms with Crippen LogP contribution in [0.4, 0.5) is 0 Å². The number of carboxylic acids is 1. The minimum absolute atomic E-state index is 0.291. The molecule has 1 aromatic carbocycles. The number of hydrogen-bond acceptors (Lipinski definition) is 3. The summed E-state index contributed by atoms with van der Waals surface area (Å²) in [4.78, 5) is 16.0. The van der Waals surface area contributed by atoms with Crippen LogP contribution in [-0.2, 0) is 4.74 Å². The third-order valence-electron chi connectivity index (χ3n) is 4.19. The van der Waals surface area contributed by atoms with E-state index in [0.29, 0.717) is 29.6 Å². The van der Waals surface area contributed by atoms with Crippen molar-refractivity contribution in [2.24, 2.45) is 0 Å². The van der Waals surface area contributed by atoms with Crippen LogP contribution in [0.15, 0.2) is 18.2 Å². The molecule has 1 aliphatic carbocycles. The zero-order chi connectivity index (χ0) is 13.7. The highest BCUT2D eigenvalue weighted by Gasteiger charge is 2.33. The van der Waals surface area contributed by atoms with Gasteiger partial charge in [0.1, 0.15) is 11.3 Å². The van der Waals surface area contributed by atoms with Crippen LogP contribution < -0.4 is 0 Å². The molecule has 1 aromatic heterocycles. The number of imidazole rings is 1. The highest BCUT2D eigenvalue weighted by Crippen LogP contribution is 2.43. The van der Waals surface area contributed by atoms with E-state index in [9.17, 15) is 9.90 Å². The minimum atomic E-state index is -0.912. The summed E-state index contributed by atoms with van der Waals surface area (Å²) >= 11 is 0. The molecular weight excluding hydrogens is 256 g/mol. The number of para-hydroxylation sites is 1. The first kappa shape index (κ1) is 11.9. The first-order valence-corrected chi connectivity index (χ1v) is 7.07. The molecule has 1 unspecified atom stereocenters. The predicted octanol–water partition coefficient (Wildman–Crippen LogP) is 2.57. The van der Waals surface area contributed by atoms with Crippen molar-refractivity contribution in [3.05, 3.63) is 29.6 Å². The molecule has 1 aliphatic heterocycles. The average Bonchev–Trinajstić information content (AvgIpc) is 3.00. The molecule has 4 rings (SSSR count). The van der Waals surface area contributed by atoms with Gasteiger partial charge in [0.25, 0.3) is 0 Å². The SMILES string of the molecule is O=C(O)c1cccc2c1nc(C1CC1)n2C1CCOC1. The van der Waals surface area contributed by atoms with Crippen LogP contribution in [0.25, 0.3) is 11.0 Å². The normalized spacial score (nSPS) is 22.5. The van der Waals surface area contributed by atoms with Crippen LogP contribution in [0.1, 0.15) is 47.4 Å². The molecule has 2 aliphatic rings. The summed E-state index contributed by atoms with van der Waals surface area (Å²) in [5.74, 6) is 0.624. The first-order chi connectivity index (χ1) is 9.75. The summed E-state index contributed by atoms with van der Waals surface area (Å²) in [7, 11) is 0. The Labute approximate surface area is 116 Å². The number of ether oxygens (including phenoxy) is 1. The van der Waals surface area contributed by atoms with Crippen molar-refractivity contribution >= 4 is 17.0 Å². The Bertz CT molecular complexity index is 682. The fourth-order valence-electron chi connectivity index (χ4n) is 3.05. The number of benzene rings is 1. The fourth-order valence-corrected chi connectivity index (χ4v) is 3.05. The smallest absolute Gasteiger partial charge is 0.337 e. The lowest BCUT2D eigenvalue weighted by Crippen LogP contribution is -2.11. The van der Waals surface area contributed by atoms with Gasteiger partial charge in [0, 0.05) is 12.5 Å². The zero-order valence-corrected chi connectivity index (χ0v) is 11.1. The first-order valence-electron chi connectivity index (χ1n) is 7.07. The number of carboxylic acid groups (broad SMARTS) is 1. The van der Waals surface area contributed by atoms with E-state index in [1.165, 1.54) is 0 Å². The van der Waals surface area contributed by atoms with Crippen LogP contribution >= 0.6 is 0 Å². The van der Waals surface area contributed by atoms with Gasteiger partial charge in [0.15, 0.2) is 0 Å². The maximum absolute atomic E-state index is 11.4. The molecule has 0 amide bonds. The Balaban J connectivity index is 1.96. The van der Waals surface area contributed by atoms with Gasteiger partial charge in [-0.3, -0.25) is 0 Å². The van der Waals surface area contributed by atoms with Crippen molar-refractivity contribution in [1.29, 1.82) is 0 Å². The largest absolute Gasteiger partial charge is 0.478 e. The molecule has 20 heavy (non-hydrogen) atoms. The predicted molar refractivity (Wildman–Crippen MR) is 73.1 cm³/mol. The zero-order valence-electron chi connectivity index (χ0n) is 11.1. The number of carbonyl (C=O) groups is 1.